The Morgan fingerprint density at radius 3 is 2.86 bits per heavy atom. The monoisotopic (exact) mass is 300 g/mol. The lowest BCUT2D eigenvalue weighted by molar-refractivity contribution is -0.131. The topological polar surface area (TPSA) is 25.2 Å². The summed E-state index contributed by atoms with van der Waals surface area (Å²) in [6.07, 6.45) is 2.09. The number of hydrogen-bond acceptors (Lipinski definition) is 2. The molecule has 4 heteroatoms. The van der Waals surface area contributed by atoms with Crippen LogP contribution in [0.15, 0.2) is 47.5 Å². The van der Waals surface area contributed by atoms with Crippen molar-refractivity contribution in [3.8, 4) is 0 Å². The number of rotatable bonds is 3. The van der Waals surface area contributed by atoms with Crippen LogP contribution in [0.25, 0.3) is 0 Å². The van der Waals surface area contributed by atoms with E-state index in [1.54, 1.807) is 11.8 Å². The molecule has 0 unspecified atom stereocenters. The highest BCUT2D eigenvalue weighted by atomic mass is 32.2. The lowest BCUT2D eigenvalue weighted by atomic mass is 10.1. The van der Waals surface area contributed by atoms with Crippen LogP contribution < -0.4 is 0 Å². The first kappa shape index (κ1) is 14.3. The fraction of sp³-hybridized carbons (Fsp3) is 0.353. The molecule has 0 radical (unpaired) electrons. The summed E-state index contributed by atoms with van der Waals surface area (Å²) < 4.78 is 2.24. The van der Waals surface area contributed by atoms with E-state index in [1.165, 1.54) is 16.2 Å². The van der Waals surface area contributed by atoms with E-state index in [4.69, 9.17) is 0 Å². The Labute approximate surface area is 130 Å². The number of carbonyl (C=O) groups excluding carboxylic acids is 1. The molecule has 1 aliphatic heterocycles. The average molecular weight is 300 g/mol. The number of amides is 1. The molecule has 2 heterocycles. The van der Waals surface area contributed by atoms with Gasteiger partial charge in [0.25, 0.3) is 0 Å². The molecule has 1 amide bonds. The molecular weight excluding hydrogens is 280 g/mol. The zero-order valence-electron chi connectivity index (χ0n) is 12.5. The predicted octanol–water partition coefficient (Wildman–Crippen LogP) is 3.49. The molecule has 3 rings (SSSR count). The van der Waals surface area contributed by atoms with Gasteiger partial charge in [-0.1, -0.05) is 18.2 Å². The Bertz CT molecular complexity index is 650. The van der Waals surface area contributed by atoms with E-state index in [1.807, 2.05) is 17.0 Å². The highest BCUT2D eigenvalue weighted by Gasteiger charge is 2.27. The van der Waals surface area contributed by atoms with Crippen molar-refractivity contribution in [1.82, 2.24) is 9.47 Å². The molecule has 0 saturated carbocycles. The zero-order chi connectivity index (χ0) is 14.8. The average Bonchev–Trinajstić information content (AvgIpc) is 2.96. The van der Waals surface area contributed by atoms with Crippen LogP contribution in [0, 0.1) is 6.92 Å². The van der Waals surface area contributed by atoms with E-state index in [0.29, 0.717) is 5.75 Å². The van der Waals surface area contributed by atoms with Crippen molar-refractivity contribution in [2.45, 2.75) is 31.3 Å². The molecule has 1 aromatic carbocycles. The van der Waals surface area contributed by atoms with Crippen LogP contribution in [0.1, 0.15) is 24.2 Å². The lowest BCUT2D eigenvalue weighted by Gasteiger charge is -2.35. The molecule has 1 aromatic heterocycles. The molecule has 1 atom stereocenters. The molecule has 0 saturated heterocycles. The summed E-state index contributed by atoms with van der Waals surface area (Å²) in [6, 6.07) is 12.6. The summed E-state index contributed by atoms with van der Waals surface area (Å²) in [5, 5.41) is 0. The van der Waals surface area contributed by atoms with Gasteiger partial charge in [-0.25, -0.2) is 0 Å². The summed E-state index contributed by atoms with van der Waals surface area (Å²) >= 11 is 1.64. The number of thioether (sulfide) groups is 1. The van der Waals surface area contributed by atoms with Crippen LogP contribution in [-0.2, 0) is 11.3 Å². The van der Waals surface area contributed by atoms with Crippen molar-refractivity contribution in [2.24, 2.45) is 0 Å². The van der Waals surface area contributed by atoms with Crippen molar-refractivity contribution in [2.75, 3.05) is 12.3 Å². The number of nitrogens with zero attached hydrogens (tertiary/aromatic N) is 2. The smallest absolute Gasteiger partial charge is 0.233 e. The maximum absolute atomic E-state index is 12.5. The van der Waals surface area contributed by atoms with E-state index >= 15 is 0 Å². The molecule has 3 nitrogen and oxygen atoms in total. The van der Waals surface area contributed by atoms with Gasteiger partial charge in [-0.15, -0.1) is 11.8 Å². The minimum Gasteiger partial charge on any atom is -0.348 e. The van der Waals surface area contributed by atoms with E-state index in [0.717, 1.165) is 13.1 Å². The van der Waals surface area contributed by atoms with Crippen LogP contribution in [0.4, 0.5) is 0 Å². The van der Waals surface area contributed by atoms with Gasteiger partial charge >= 0.3 is 0 Å². The van der Waals surface area contributed by atoms with Crippen LogP contribution >= 0.6 is 11.8 Å². The van der Waals surface area contributed by atoms with Crippen LogP contribution in [0.2, 0.25) is 0 Å². The second-order valence-electron chi connectivity index (χ2n) is 5.44. The van der Waals surface area contributed by atoms with Gasteiger partial charge in [0.05, 0.1) is 11.8 Å². The number of aromatic nitrogens is 1. The van der Waals surface area contributed by atoms with Gasteiger partial charge in [0.15, 0.2) is 0 Å². The normalized spacial score (nSPS) is 17.6. The second-order valence-corrected chi connectivity index (χ2v) is 6.46. The van der Waals surface area contributed by atoms with E-state index in [2.05, 4.69) is 48.9 Å². The first-order valence-electron chi connectivity index (χ1n) is 7.30. The summed E-state index contributed by atoms with van der Waals surface area (Å²) in [5.74, 6) is 0.735. The van der Waals surface area contributed by atoms with Crippen molar-refractivity contribution >= 4 is 17.7 Å². The van der Waals surface area contributed by atoms with Crippen LogP contribution in [0.3, 0.4) is 0 Å². The fourth-order valence-electron chi connectivity index (χ4n) is 2.86. The third kappa shape index (κ3) is 2.86. The molecular formula is C17H20N2OS. The highest BCUT2D eigenvalue weighted by molar-refractivity contribution is 8.00. The largest absolute Gasteiger partial charge is 0.348 e. The van der Waals surface area contributed by atoms with Crippen molar-refractivity contribution in [1.29, 1.82) is 0 Å². The number of aryl methyl sites for hydroxylation is 1. The number of carbonyl (C=O) groups is 1. The van der Waals surface area contributed by atoms with Gasteiger partial charge < -0.3 is 9.47 Å². The molecule has 0 N–H and O–H groups in total. The van der Waals surface area contributed by atoms with Crippen LogP contribution in [0.5, 0.6) is 0 Å². The van der Waals surface area contributed by atoms with Crippen molar-refractivity contribution in [3.63, 3.8) is 0 Å². The quantitative estimate of drug-likeness (QED) is 0.811. The van der Waals surface area contributed by atoms with Crippen molar-refractivity contribution in [3.05, 3.63) is 53.9 Å². The number of fused-ring (bicyclic) bond motifs is 1. The fourth-order valence-corrected chi connectivity index (χ4v) is 3.78. The molecule has 0 bridgehead atoms. The Morgan fingerprint density at radius 1 is 1.24 bits per heavy atom. The predicted molar refractivity (Wildman–Crippen MR) is 86.5 cm³/mol. The second kappa shape index (κ2) is 5.98. The minimum absolute atomic E-state index is 0.165. The van der Waals surface area contributed by atoms with Gasteiger partial charge in [-0.05, 0) is 37.6 Å². The van der Waals surface area contributed by atoms with Gasteiger partial charge in [0.1, 0.15) is 0 Å². The van der Waals surface area contributed by atoms with E-state index in [-0.39, 0.29) is 11.9 Å². The summed E-state index contributed by atoms with van der Waals surface area (Å²) in [5.41, 5.74) is 2.46. The van der Waals surface area contributed by atoms with Gasteiger partial charge in [-0.3, -0.25) is 4.79 Å². The Balaban J connectivity index is 1.65. The zero-order valence-corrected chi connectivity index (χ0v) is 13.3. The first-order valence-corrected chi connectivity index (χ1v) is 8.28. The number of hydrogen-bond donors (Lipinski definition) is 0. The summed E-state index contributed by atoms with van der Waals surface area (Å²) in [4.78, 5) is 15.7. The maximum Gasteiger partial charge on any atom is 0.233 e. The summed E-state index contributed by atoms with van der Waals surface area (Å²) in [6.45, 7) is 5.90. The highest BCUT2D eigenvalue weighted by Crippen LogP contribution is 2.28. The molecule has 0 aliphatic carbocycles. The summed E-state index contributed by atoms with van der Waals surface area (Å²) in [7, 11) is 0. The Hall–Kier alpha value is -1.68. The molecule has 0 spiro atoms. The van der Waals surface area contributed by atoms with E-state index in [9.17, 15) is 4.79 Å². The van der Waals surface area contributed by atoms with E-state index < -0.39 is 0 Å². The first-order chi connectivity index (χ1) is 10.2. The molecule has 110 valence electrons. The van der Waals surface area contributed by atoms with Crippen molar-refractivity contribution < 1.29 is 4.79 Å². The van der Waals surface area contributed by atoms with Gasteiger partial charge in [0.2, 0.25) is 5.91 Å². The van der Waals surface area contributed by atoms with Gasteiger partial charge in [-0.2, -0.15) is 0 Å². The molecule has 21 heavy (non-hydrogen) atoms. The third-order valence-corrected chi connectivity index (χ3v) is 5.27. The third-order valence-electron chi connectivity index (χ3n) is 4.11. The Morgan fingerprint density at radius 2 is 2.05 bits per heavy atom. The SMILES string of the molecule is Cc1ccccc1SCC(=O)N1CCn2cccc2[C@H]1C. The molecule has 2 aromatic rings. The molecule has 0 fully saturated rings. The van der Waals surface area contributed by atoms with Crippen LogP contribution in [-0.4, -0.2) is 27.7 Å². The standard InChI is InChI=1S/C17H20N2OS/c1-13-6-3-4-8-16(13)21-12-17(20)19-11-10-18-9-5-7-15(18)14(19)2/h3-9,14H,10-12H2,1-2H3/t14-/m1/s1. The number of benzene rings is 1. The minimum atomic E-state index is 0.165. The Kier molecular flexibility index (Phi) is 4.06. The lowest BCUT2D eigenvalue weighted by Crippen LogP contribution is -2.41. The van der Waals surface area contributed by atoms with Gasteiger partial charge in [0, 0.05) is 29.9 Å². The maximum atomic E-state index is 12.5. The molecule has 1 aliphatic rings.